The first-order chi connectivity index (χ1) is 7.39. The highest BCUT2D eigenvalue weighted by atomic mass is 16.5. The molecule has 92 valence electrons. The third kappa shape index (κ3) is 7.23. The van der Waals surface area contributed by atoms with E-state index < -0.39 is 0 Å². The van der Waals surface area contributed by atoms with Gasteiger partial charge in [0.2, 0.25) is 0 Å². The van der Waals surface area contributed by atoms with Crippen LogP contribution in [0.5, 0.6) is 0 Å². The number of carbonyl (C=O) groups excluding carboxylic acids is 1. The van der Waals surface area contributed by atoms with Crippen LogP contribution in [0.25, 0.3) is 0 Å². The maximum Gasteiger partial charge on any atom is 0.333 e. The van der Waals surface area contributed by atoms with Crippen molar-refractivity contribution in [3.05, 3.63) is 24.8 Å². The summed E-state index contributed by atoms with van der Waals surface area (Å²) >= 11 is 0. The quantitative estimate of drug-likeness (QED) is 0.208. The van der Waals surface area contributed by atoms with E-state index in [2.05, 4.69) is 27.3 Å². The zero-order valence-electron chi connectivity index (χ0n) is 10.8. The Bertz CT molecular complexity index is 257. The maximum atomic E-state index is 11.1. The highest BCUT2D eigenvalue weighted by molar-refractivity contribution is 5.86. The Balaban J connectivity index is 3.68. The van der Waals surface area contributed by atoms with E-state index in [0.29, 0.717) is 12.2 Å². The summed E-state index contributed by atoms with van der Waals surface area (Å²) in [5.41, 5.74) is 0.459. The van der Waals surface area contributed by atoms with Crippen molar-refractivity contribution in [1.29, 1.82) is 0 Å². The fraction of sp³-hybridized carbons (Fsp3) is 0.615. The molecule has 16 heavy (non-hydrogen) atoms. The van der Waals surface area contributed by atoms with Crippen molar-refractivity contribution >= 4 is 5.97 Å². The largest absolute Gasteiger partial charge is 0.462 e. The summed E-state index contributed by atoms with van der Waals surface area (Å²) < 4.78 is 5.96. The van der Waals surface area contributed by atoms with Crippen molar-refractivity contribution in [1.82, 2.24) is 0 Å². The molecular weight excluding hydrogens is 202 g/mol. The van der Waals surface area contributed by atoms with Gasteiger partial charge in [-0.1, -0.05) is 12.7 Å². The van der Waals surface area contributed by atoms with Gasteiger partial charge in [-0.15, -0.1) is 6.58 Å². The van der Waals surface area contributed by atoms with Gasteiger partial charge in [0, 0.05) is 18.4 Å². The second-order valence-corrected chi connectivity index (χ2v) is 4.73. The van der Waals surface area contributed by atoms with Gasteiger partial charge in [0.15, 0.2) is 0 Å². The molecule has 0 aromatic heterocycles. The molecule has 0 aromatic carbocycles. The van der Waals surface area contributed by atoms with E-state index in [9.17, 15) is 4.79 Å². The van der Waals surface area contributed by atoms with Crippen LogP contribution in [-0.4, -0.2) is 44.2 Å². The minimum atomic E-state index is -0.295. The van der Waals surface area contributed by atoms with Gasteiger partial charge in [0.25, 0.3) is 0 Å². The van der Waals surface area contributed by atoms with Crippen LogP contribution in [0.15, 0.2) is 24.8 Å². The molecule has 0 atom stereocenters. The van der Waals surface area contributed by atoms with Crippen LogP contribution < -0.4 is 0 Å². The molecule has 3 heteroatoms. The van der Waals surface area contributed by atoms with Gasteiger partial charge in [-0.05, 0) is 6.92 Å². The summed E-state index contributed by atoms with van der Waals surface area (Å²) in [5.74, 6) is -0.295. The average molecular weight is 226 g/mol. The lowest BCUT2D eigenvalue weighted by atomic mass is 10.3. The van der Waals surface area contributed by atoms with Gasteiger partial charge in [-0.25, -0.2) is 4.79 Å². The number of hydrogen-bond acceptors (Lipinski definition) is 2. The van der Waals surface area contributed by atoms with Gasteiger partial charge in [-0.3, -0.25) is 0 Å². The Morgan fingerprint density at radius 3 is 2.50 bits per heavy atom. The lowest BCUT2D eigenvalue weighted by Crippen LogP contribution is -2.41. The number of ether oxygens (including phenoxy) is 1. The lowest BCUT2D eigenvalue weighted by Gasteiger charge is -2.29. The number of hydrogen-bond donors (Lipinski definition) is 0. The smallest absolute Gasteiger partial charge is 0.333 e. The summed E-state index contributed by atoms with van der Waals surface area (Å²) in [7, 11) is 4.34. The molecule has 0 bridgehead atoms. The molecule has 0 N–H and O–H groups in total. The van der Waals surface area contributed by atoms with Crippen LogP contribution >= 0.6 is 0 Å². The standard InChI is InChI=1S/C13H24NO2/c1-6-7-9-14(4,5)10-8-11-16-13(15)12(2)3/h6H,1-2,7-11H2,3-5H3/q+1. The monoisotopic (exact) mass is 226 g/mol. The number of nitrogens with zero attached hydrogens (tertiary/aromatic N) is 1. The number of carbonyl (C=O) groups is 1. The van der Waals surface area contributed by atoms with E-state index in [1.807, 2.05) is 6.08 Å². The fourth-order valence-corrected chi connectivity index (χ4v) is 1.33. The summed E-state index contributed by atoms with van der Waals surface area (Å²) in [6.07, 6.45) is 3.82. The Morgan fingerprint density at radius 1 is 1.38 bits per heavy atom. The van der Waals surface area contributed by atoms with Crippen molar-refractivity contribution in [2.45, 2.75) is 19.8 Å². The summed E-state index contributed by atoms with van der Waals surface area (Å²) in [6, 6.07) is 0. The van der Waals surface area contributed by atoms with E-state index >= 15 is 0 Å². The van der Waals surface area contributed by atoms with Crippen molar-refractivity contribution in [2.75, 3.05) is 33.8 Å². The highest BCUT2D eigenvalue weighted by Crippen LogP contribution is 2.02. The Hall–Kier alpha value is -1.09. The van der Waals surface area contributed by atoms with Crippen molar-refractivity contribution in [3.8, 4) is 0 Å². The first kappa shape index (κ1) is 14.9. The predicted octanol–water partition coefficient (Wildman–Crippen LogP) is 2.15. The SMILES string of the molecule is C=CCC[N+](C)(C)CCCOC(=O)C(=C)C. The summed E-state index contributed by atoms with van der Waals surface area (Å²) in [5, 5.41) is 0. The van der Waals surface area contributed by atoms with Crippen LogP contribution in [0, 0.1) is 0 Å². The topological polar surface area (TPSA) is 26.3 Å². The molecule has 0 radical (unpaired) electrons. The van der Waals surface area contributed by atoms with Gasteiger partial charge in [0.1, 0.15) is 0 Å². The molecule has 0 saturated carbocycles. The van der Waals surface area contributed by atoms with E-state index in [4.69, 9.17) is 4.74 Å². The molecule has 0 aromatic rings. The van der Waals surface area contributed by atoms with E-state index in [0.717, 1.165) is 30.4 Å². The molecule has 0 aliphatic rings. The Morgan fingerprint density at radius 2 is 2.00 bits per heavy atom. The van der Waals surface area contributed by atoms with Gasteiger partial charge in [-0.2, -0.15) is 0 Å². The molecule has 0 amide bonds. The molecule has 0 saturated heterocycles. The zero-order chi connectivity index (χ0) is 12.6. The maximum absolute atomic E-state index is 11.1. The van der Waals surface area contributed by atoms with Crippen LogP contribution in [0.2, 0.25) is 0 Å². The second-order valence-electron chi connectivity index (χ2n) is 4.73. The first-order valence-corrected chi connectivity index (χ1v) is 5.64. The van der Waals surface area contributed by atoms with Crippen LogP contribution in [0.1, 0.15) is 19.8 Å². The van der Waals surface area contributed by atoms with Crippen molar-refractivity contribution in [3.63, 3.8) is 0 Å². The van der Waals surface area contributed by atoms with E-state index in [-0.39, 0.29) is 5.97 Å². The van der Waals surface area contributed by atoms with Gasteiger partial charge in [0.05, 0.1) is 33.8 Å². The average Bonchev–Trinajstić information content (AvgIpc) is 2.21. The van der Waals surface area contributed by atoms with Crippen LogP contribution in [0.3, 0.4) is 0 Å². The summed E-state index contributed by atoms with van der Waals surface area (Å²) in [6.45, 7) is 11.4. The molecule has 0 aliphatic carbocycles. The molecule has 0 spiro atoms. The molecule has 0 unspecified atom stereocenters. The van der Waals surface area contributed by atoms with Crippen LogP contribution in [-0.2, 0) is 9.53 Å². The molecule has 0 aliphatic heterocycles. The van der Waals surface area contributed by atoms with Gasteiger partial charge < -0.3 is 9.22 Å². The van der Waals surface area contributed by atoms with Crippen molar-refractivity contribution < 1.29 is 14.0 Å². The molecule has 0 fully saturated rings. The minimum absolute atomic E-state index is 0.295. The molecule has 3 nitrogen and oxygen atoms in total. The Kier molecular flexibility index (Phi) is 6.74. The van der Waals surface area contributed by atoms with E-state index in [1.165, 1.54) is 0 Å². The fourth-order valence-electron chi connectivity index (χ4n) is 1.33. The normalized spacial score (nSPS) is 10.9. The third-order valence-electron chi connectivity index (χ3n) is 2.43. The number of esters is 1. The lowest BCUT2D eigenvalue weighted by molar-refractivity contribution is -0.890. The molecule has 0 rings (SSSR count). The highest BCUT2D eigenvalue weighted by Gasteiger charge is 2.13. The summed E-state index contributed by atoms with van der Waals surface area (Å²) in [4.78, 5) is 11.1. The molecule has 0 heterocycles. The number of quaternary nitrogens is 1. The Labute approximate surface area is 99.0 Å². The number of rotatable bonds is 8. The zero-order valence-corrected chi connectivity index (χ0v) is 10.8. The van der Waals surface area contributed by atoms with Gasteiger partial charge >= 0.3 is 5.97 Å². The molecular formula is C13H24NO2+. The predicted molar refractivity (Wildman–Crippen MR) is 67.0 cm³/mol. The third-order valence-corrected chi connectivity index (χ3v) is 2.43. The minimum Gasteiger partial charge on any atom is -0.462 e. The van der Waals surface area contributed by atoms with Crippen molar-refractivity contribution in [2.24, 2.45) is 0 Å². The van der Waals surface area contributed by atoms with E-state index in [1.54, 1.807) is 6.92 Å². The second kappa shape index (κ2) is 7.23. The first-order valence-electron chi connectivity index (χ1n) is 5.64. The van der Waals surface area contributed by atoms with Crippen LogP contribution in [0.4, 0.5) is 0 Å².